The molecule has 20 heavy (non-hydrogen) atoms. The minimum Gasteiger partial charge on any atom is -0.480 e. The Bertz CT molecular complexity index is 613. The Morgan fingerprint density at radius 2 is 2.00 bits per heavy atom. The summed E-state index contributed by atoms with van der Waals surface area (Å²) in [6.45, 7) is 0.744. The van der Waals surface area contributed by atoms with Crippen molar-refractivity contribution in [2.24, 2.45) is 0 Å². The first-order valence-electron chi connectivity index (χ1n) is 6.77. The van der Waals surface area contributed by atoms with Gasteiger partial charge in [-0.1, -0.05) is 30.3 Å². The van der Waals surface area contributed by atoms with Gasteiger partial charge in [0.25, 0.3) is 0 Å². The Balaban J connectivity index is 2.04. The van der Waals surface area contributed by atoms with Crippen LogP contribution < -0.4 is 4.90 Å². The first-order chi connectivity index (χ1) is 9.77. The zero-order valence-electron chi connectivity index (χ0n) is 11.1. The lowest BCUT2D eigenvalue weighted by Crippen LogP contribution is -2.36. The topological polar surface area (TPSA) is 53.4 Å². The van der Waals surface area contributed by atoms with E-state index in [1.54, 1.807) is 6.20 Å². The van der Waals surface area contributed by atoms with Gasteiger partial charge < -0.3 is 10.0 Å². The molecule has 1 aromatic carbocycles. The third-order valence-electron chi connectivity index (χ3n) is 3.68. The van der Waals surface area contributed by atoms with Crippen LogP contribution in [-0.4, -0.2) is 28.6 Å². The Labute approximate surface area is 117 Å². The van der Waals surface area contributed by atoms with Crippen molar-refractivity contribution in [2.75, 3.05) is 11.4 Å². The van der Waals surface area contributed by atoms with E-state index in [1.165, 1.54) is 0 Å². The predicted octanol–water partition coefficient (Wildman–Crippen LogP) is 2.80. The first kappa shape index (κ1) is 12.7. The van der Waals surface area contributed by atoms with Gasteiger partial charge in [-0.2, -0.15) is 0 Å². The summed E-state index contributed by atoms with van der Waals surface area (Å²) in [4.78, 5) is 17.7. The zero-order valence-corrected chi connectivity index (χ0v) is 11.1. The van der Waals surface area contributed by atoms with Crippen molar-refractivity contribution in [1.82, 2.24) is 4.98 Å². The lowest BCUT2D eigenvalue weighted by Gasteiger charge is -2.24. The standard InChI is InChI=1S/C16H16N2O2/c19-16(20)14-9-5-11-18(14)15-13(8-4-10-17-15)12-6-2-1-3-7-12/h1-4,6-8,10,14H,5,9,11H2,(H,19,20)/t14-/m0/s1. The van der Waals surface area contributed by atoms with Gasteiger partial charge in [-0.05, 0) is 30.5 Å². The normalized spacial score (nSPS) is 18.2. The van der Waals surface area contributed by atoms with Crippen LogP contribution in [0.1, 0.15) is 12.8 Å². The number of pyridine rings is 1. The third kappa shape index (κ3) is 2.25. The quantitative estimate of drug-likeness (QED) is 0.930. The average Bonchev–Trinajstić information content (AvgIpc) is 2.98. The maximum absolute atomic E-state index is 11.4. The van der Waals surface area contributed by atoms with Gasteiger partial charge >= 0.3 is 5.97 Å². The van der Waals surface area contributed by atoms with Crippen molar-refractivity contribution in [2.45, 2.75) is 18.9 Å². The van der Waals surface area contributed by atoms with Crippen LogP contribution in [-0.2, 0) is 4.79 Å². The number of nitrogens with zero attached hydrogens (tertiary/aromatic N) is 2. The molecule has 0 saturated carbocycles. The second-order valence-corrected chi connectivity index (χ2v) is 4.93. The van der Waals surface area contributed by atoms with E-state index in [1.807, 2.05) is 47.4 Å². The molecule has 0 unspecified atom stereocenters. The van der Waals surface area contributed by atoms with E-state index in [0.717, 1.165) is 29.9 Å². The van der Waals surface area contributed by atoms with Crippen molar-refractivity contribution in [3.8, 4) is 11.1 Å². The fraction of sp³-hybridized carbons (Fsp3) is 0.250. The van der Waals surface area contributed by atoms with Crippen LogP contribution in [0.4, 0.5) is 5.82 Å². The zero-order chi connectivity index (χ0) is 13.9. The molecule has 1 fully saturated rings. The highest BCUT2D eigenvalue weighted by molar-refractivity contribution is 5.83. The number of anilines is 1. The molecule has 2 aromatic rings. The van der Waals surface area contributed by atoms with E-state index in [2.05, 4.69) is 4.98 Å². The van der Waals surface area contributed by atoms with Crippen LogP contribution in [0, 0.1) is 0 Å². The van der Waals surface area contributed by atoms with E-state index in [4.69, 9.17) is 0 Å². The van der Waals surface area contributed by atoms with Gasteiger partial charge in [0.05, 0.1) is 0 Å². The molecule has 1 aliphatic heterocycles. The molecule has 3 rings (SSSR count). The number of hydrogen-bond donors (Lipinski definition) is 1. The molecule has 4 heteroatoms. The Kier molecular flexibility index (Phi) is 3.37. The molecular formula is C16H16N2O2. The van der Waals surface area contributed by atoms with Crippen molar-refractivity contribution in [3.05, 3.63) is 48.7 Å². The molecule has 2 heterocycles. The molecule has 1 atom stereocenters. The van der Waals surface area contributed by atoms with E-state index < -0.39 is 12.0 Å². The number of carbonyl (C=O) groups is 1. The van der Waals surface area contributed by atoms with Gasteiger partial charge in [0, 0.05) is 18.3 Å². The minimum atomic E-state index is -0.771. The van der Waals surface area contributed by atoms with Gasteiger partial charge in [-0.15, -0.1) is 0 Å². The molecular weight excluding hydrogens is 252 g/mol. The molecule has 1 saturated heterocycles. The SMILES string of the molecule is O=C(O)[C@@H]1CCCN1c1ncccc1-c1ccccc1. The van der Waals surface area contributed by atoms with Crippen LogP contribution in [0.5, 0.6) is 0 Å². The maximum Gasteiger partial charge on any atom is 0.326 e. The highest BCUT2D eigenvalue weighted by Crippen LogP contribution is 2.33. The average molecular weight is 268 g/mol. The van der Waals surface area contributed by atoms with Gasteiger partial charge in [0.2, 0.25) is 0 Å². The van der Waals surface area contributed by atoms with Gasteiger partial charge in [-0.25, -0.2) is 9.78 Å². The molecule has 102 valence electrons. The Hall–Kier alpha value is -2.36. The van der Waals surface area contributed by atoms with Crippen LogP contribution in [0.15, 0.2) is 48.7 Å². The maximum atomic E-state index is 11.4. The summed E-state index contributed by atoms with van der Waals surface area (Å²) in [6, 6.07) is 13.4. The molecule has 0 spiro atoms. The van der Waals surface area contributed by atoms with Crippen molar-refractivity contribution in [1.29, 1.82) is 0 Å². The van der Waals surface area contributed by atoms with Crippen LogP contribution in [0.25, 0.3) is 11.1 Å². The fourth-order valence-electron chi connectivity index (χ4n) is 2.75. The Morgan fingerprint density at radius 1 is 1.20 bits per heavy atom. The van der Waals surface area contributed by atoms with E-state index >= 15 is 0 Å². The van der Waals surface area contributed by atoms with Gasteiger partial charge in [0.15, 0.2) is 0 Å². The van der Waals surface area contributed by atoms with Gasteiger partial charge in [-0.3, -0.25) is 0 Å². The highest BCUT2D eigenvalue weighted by Gasteiger charge is 2.32. The summed E-state index contributed by atoms with van der Waals surface area (Å²) in [5, 5.41) is 9.34. The van der Waals surface area contributed by atoms with Crippen LogP contribution in [0.2, 0.25) is 0 Å². The molecule has 0 aliphatic carbocycles. The molecule has 0 amide bonds. The highest BCUT2D eigenvalue weighted by atomic mass is 16.4. The summed E-state index contributed by atoms with van der Waals surface area (Å²) in [6.07, 6.45) is 3.29. The summed E-state index contributed by atoms with van der Waals surface area (Å²) in [7, 11) is 0. The first-order valence-corrected chi connectivity index (χ1v) is 6.77. The number of aliphatic carboxylic acids is 1. The molecule has 0 radical (unpaired) electrons. The van der Waals surface area contributed by atoms with E-state index in [-0.39, 0.29) is 0 Å². The summed E-state index contributed by atoms with van der Waals surface area (Å²) < 4.78 is 0. The van der Waals surface area contributed by atoms with E-state index in [0.29, 0.717) is 6.42 Å². The smallest absolute Gasteiger partial charge is 0.326 e. The van der Waals surface area contributed by atoms with Crippen LogP contribution >= 0.6 is 0 Å². The van der Waals surface area contributed by atoms with Gasteiger partial charge in [0.1, 0.15) is 11.9 Å². The summed E-state index contributed by atoms with van der Waals surface area (Å²) in [5.41, 5.74) is 2.05. The molecule has 1 N–H and O–H groups in total. The Morgan fingerprint density at radius 3 is 2.75 bits per heavy atom. The van der Waals surface area contributed by atoms with E-state index in [9.17, 15) is 9.90 Å². The lowest BCUT2D eigenvalue weighted by atomic mass is 10.1. The predicted molar refractivity (Wildman–Crippen MR) is 77.7 cm³/mol. The second kappa shape index (κ2) is 5.33. The molecule has 1 aromatic heterocycles. The number of aromatic nitrogens is 1. The monoisotopic (exact) mass is 268 g/mol. The number of hydrogen-bond acceptors (Lipinski definition) is 3. The molecule has 1 aliphatic rings. The third-order valence-corrected chi connectivity index (χ3v) is 3.68. The number of carboxylic acid groups (broad SMARTS) is 1. The van der Waals surface area contributed by atoms with Crippen molar-refractivity contribution < 1.29 is 9.90 Å². The number of rotatable bonds is 3. The summed E-state index contributed by atoms with van der Waals surface area (Å²) >= 11 is 0. The number of benzene rings is 1. The largest absolute Gasteiger partial charge is 0.480 e. The lowest BCUT2D eigenvalue weighted by molar-refractivity contribution is -0.138. The minimum absolute atomic E-state index is 0.465. The summed E-state index contributed by atoms with van der Waals surface area (Å²) in [5.74, 6) is -0.00392. The fourth-order valence-corrected chi connectivity index (χ4v) is 2.75. The van der Waals surface area contributed by atoms with Crippen molar-refractivity contribution in [3.63, 3.8) is 0 Å². The second-order valence-electron chi connectivity index (χ2n) is 4.93. The molecule has 4 nitrogen and oxygen atoms in total. The van der Waals surface area contributed by atoms with Crippen LogP contribution in [0.3, 0.4) is 0 Å². The molecule has 0 bridgehead atoms. The number of carboxylic acids is 1. The van der Waals surface area contributed by atoms with Crippen molar-refractivity contribution >= 4 is 11.8 Å².